The molecule has 2 N–H and O–H groups in total. The predicted octanol–water partition coefficient (Wildman–Crippen LogP) is 2.01. The summed E-state index contributed by atoms with van der Waals surface area (Å²) in [5.74, 6) is -0.106. The molecule has 106 valence electrons. The average molecular weight is 283 g/mol. The van der Waals surface area contributed by atoms with Gasteiger partial charge in [-0.2, -0.15) is 0 Å². The van der Waals surface area contributed by atoms with Crippen molar-refractivity contribution in [3.8, 4) is 0 Å². The number of primary sulfonamides is 1. The summed E-state index contributed by atoms with van der Waals surface area (Å²) in [6.07, 6.45) is 3.31. The second-order valence-electron chi connectivity index (χ2n) is 5.35. The Labute approximate surface area is 115 Å². The van der Waals surface area contributed by atoms with E-state index in [0.29, 0.717) is 6.61 Å². The Morgan fingerprint density at radius 1 is 1.42 bits per heavy atom. The van der Waals surface area contributed by atoms with Gasteiger partial charge < -0.3 is 4.74 Å². The zero-order chi connectivity index (χ0) is 13.9. The average Bonchev–Trinajstić information content (AvgIpc) is 2.34. The first-order chi connectivity index (χ1) is 8.96. The third kappa shape index (κ3) is 4.30. The molecule has 0 radical (unpaired) electrons. The van der Waals surface area contributed by atoms with Gasteiger partial charge in [0.1, 0.15) is 0 Å². The summed E-state index contributed by atoms with van der Waals surface area (Å²) < 4.78 is 27.9. The van der Waals surface area contributed by atoms with E-state index < -0.39 is 10.0 Å². The van der Waals surface area contributed by atoms with Gasteiger partial charge in [-0.15, -0.1) is 0 Å². The van der Waals surface area contributed by atoms with Gasteiger partial charge in [-0.25, -0.2) is 13.6 Å². The molecule has 1 aliphatic carbocycles. The number of hydrogen-bond acceptors (Lipinski definition) is 3. The molecule has 1 aromatic carbocycles. The summed E-state index contributed by atoms with van der Waals surface area (Å²) in [5.41, 5.74) is 2.59. The maximum Gasteiger partial charge on any atom is 0.209 e. The van der Waals surface area contributed by atoms with Crippen molar-refractivity contribution in [3.05, 3.63) is 35.4 Å². The van der Waals surface area contributed by atoms with Crippen LogP contribution in [0.2, 0.25) is 0 Å². The highest BCUT2D eigenvalue weighted by Crippen LogP contribution is 2.32. The number of ether oxygens (including phenoxy) is 1. The molecule has 2 unspecified atom stereocenters. The largest absolute Gasteiger partial charge is 0.373 e. The molecule has 4 nitrogen and oxygen atoms in total. The van der Waals surface area contributed by atoms with Crippen molar-refractivity contribution in [2.45, 2.75) is 32.3 Å². The Morgan fingerprint density at radius 3 is 2.89 bits per heavy atom. The summed E-state index contributed by atoms with van der Waals surface area (Å²) >= 11 is 0. The van der Waals surface area contributed by atoms with Gasteiger partial charge in [0, 0.05) is 0 Å². The first-order valence-electron chi connectivity index (χ1n) is 6.65. The topological polar surface area (TPSA) is 69.4 Å². The summed E-state index contributed by atoms with van der Waals surface area (Å²) in [6.45, 7) is 2.27. The highest BCUT2D eigenvalue weighted by molar-refractivity contribution is 7.89. The molecular weight excluding hydrogens is 262 g/mol. The summed E-state index contributed by atoms with van der Waals surface area (Å²) in [4.78, 5) is 0. The van der Waals surface area contributed by atoms with Crippen LogP contribution in [-0.4, -0.2) is 20.8 Å². The number of rotatable bonds is 5. The fraction of sp³-hybridized carbons (Fsp3) is 0.571. The maximum absolute atomic E-state index is 11.0. The molecule has 0 spiro atoms. The predicted molar refractivity (Wildman–Crippen MR) is 75.2 cm³/mol. The summed E-state index contributed by atoms with van der Waals surface area (Å²) in [6, 6.07) is 8.31. The number of nitrogens with two attached hydrogens (primary N) is 1. The van der Waals surface area contributed by atoms with Crippen LogP contribution >= 0.6 is 0 Å². The van der Waals surface area contributed by atoms with Crippen molar-refractivity contribution in [2.24, 2.45) is 11.1 Å². The Hall–Kier alpha value is -0.910. The van der Waals surface area contributed by atoms with Crippen molar-refractivity contribution in [1.82, 2.24) is 0 Å². The third-order valence-corrected chi connectivity index (χ3v) is 4.45. The molecule has 0 aromatic heterocycles. The van der Waals surface area contributed by atoms with Crippen molar-refractivity contribution >= 4 is 10.0 Å². The van der Waals surface area contributed by atoms with E-state index in [4.69, 9.17) is 9.88 Å². The maximum atomic E-state index is 11.0. The minimum atomic E-state index is -3.42. The van der Waals surface area contributed by atoms with E-state index in [1.807, 2.05) is 19.1 Å². The number of fused-ring (bicyclic) bond motifs is 1. The third-order valence-electron chi connectivity index (χ3n) is 3.41. The molecule has 19 heavy (non-hydrogen) atoms. The molecule has 2 rings (SSSR count). The number of sulfonamides is 1. The van der Waals surface area contributed by atoms with Crippen molar-refractivity contribution in [2.75, 3.05) is 12.4 Å². The fourth-order valence-electron chi connectivity index (χ4n) is 2.61. The normalized spacial score (nSPS) is 20.8. The Kier molecular flexibility index (Phi) is 4.60. The van der Waals surface area contributed by atoms with E-state index in [-0.39, 0.29) is 17.8 Å². The van der Waals surface area contributed by atoms with Crippen LogP contribution in [-0.2, 0) is 21.2 Å². The van der Waals surface area contributed by atoms with Gasteiger partial charge in [0.05, 0.1) is 18.5 Å². The monoisotopic (exact) mass is 283 g/mol. The van der Waals surface area contributed by atoms with Crippen LogP contribution in [0.1, 0.15) is 37.0 Å². The molecule has 0 saturated heterocycles. The van der Waals surface area contributed by atoms with Gasteiger partial charge in [-0.05, 0) is 36.3 Å². The van der Waals surface area contributed by atoms with Gasteiger partial charge in [-0.1, -0.05) is 31.2 Å². The minimum Gasteiger partial charge on any atom is -0.373 e. The molecule has 1 aromatic rings. The zero-order valence-corrected chi connectivity index (χ0v) is 12.0. The lowest BCUT2D eigenvalue weighted by molar-refractivity contribution is 0.0248. The molecule has 0 saturated carbocycles. The Morgan fingerprint density at radius 2 is 2.16 bits per heavy atom. The smallest absolute Gasteiger partial charge is 0.209 e. The first-order valence-corrected chi connectivity index (χ1v) is 8.37. The van der Waals surface area contributed by atoms with Gasteiger partial charge >= 0.3 is 0 Å². The Bertz CT molecular complexity index is 527. The summed E-state index contributed by atoms with van der Waals surface area (Å²) in [5, 5.41) is 5.04. The molecule has 5 heteroatoms. The van der Waals surface area contributed by atoms with Gasteiger partial charge in [0.15, 0.2) is 0 Å². The standard InChI is InChI=1S/C14H21NO3S/c1-11(10-19(15,16)17)9-18-14-8-4-6-12-5-2-3-7-13(12)14/h2-3,5,7,11,14H,4,6,8-10H2,1H3,(H2,15,16,17). The SMILES string of the molecule is CC(COC1CCCc2ccccc21)CS(N)(=O)=O. The van der Waals surface area contributed by atoms with Crippen LogP contribution in [0.25, 0.3) is 0 Å². The highest BCUT2D eigenvalue weighted by Gasteiger charge is 2.21. The highest BCUT2D eigenvalue weighted by atomic mass is 32.2. The molecule has 0 bridgehead atoms. The van der Waals surface area contributed by atoms with Crippen LogP contribution in [0.5, 0.6) is 0 Å². The van der Waals surface area contributed by atoms with Crippen LogP contribution < -0.4 is 5.14 Å². The lowest BCUT2D eigenvalue weighted by Crippen LogP contribution is -2.25. The minimum absolute atomic E-state index is 0.0264. The number of benzene rings is 1. The molecule has 1 aliphatic rings. The molecule has 0 amide bonds. The van der Waals surface area contributed by atoms with E-state index in [2.05, 4.69) is 12.1 Å². The molecule has 2 atom stereocenters. The zero-order valence-electron chi connectivity index (χ0n) is 11.2. The summed E-state index contributed by atoms with van der Waals surface area (Å²) in [7, 11) is -3.42. The number of hydrogen-bond donors (Lipinski definition) is 1. The fourth-order valence-corrected chi connectivity index (χ4v) is 3.50. The second kappa shape index (κ2) is 6.03. The molecular formula is C14H21NO3S. The van der Waals surface area contributed by atoms with E-state index in [0.717, 1.165) is 19.3 Å². The van der Waals surface area contributed by atoms with Crippen LogP contribution in [0, 0.1) is 5.92 Å². The van der Waals surface area contributed by atoms with Gasteiger partial charge in [0.2, 0.25) is 10.0 Å². The van der Waals surface area contributed by atoms with Crippen LogP contribution in [0.3, 0.4) is 0 Å². The van der Waals surface area contributed by atoms with Crippen molar-refractivity contribution in [3.63, 3.8) is 0 Å². The molecule has 0 fully saturated rings. The van der Waals surface area contributed by atoms with Crippen molar-refractivity contribution < 1.29 is 13.2 Å². The van der Waals surface area contributed by atoms with E-state index in [1.54, 1.807) is 0 Å². The van der Waals surface area contributed by atoms with Crippen LogP contribution in [0.15, 0.2) is 24.3 Å². The lowest BCUT2D eigenvalue weighted by atomic mass is 9.89. The lowest BCUT2D eigenvalue weighted by Gasteiger charge is -2.26. The molecule has 0 aliphatic heterocycles. The Balaban J connectivity index is 1.94. The first kappa shape index (κ1) is 14.5. The van der Waals surface area contributed by atoms with Gasteiger partial charge in [0.25, 0.3) is 0 Å². The molecule has 0 heterocycles. The quantitative estimate of drug-likeness (QED) is 0.898. The van der Waals surface area contributed by atoms with E-state index >= 15 is 0 Å². The van der Waals surface area contributed by atoms with E-state index in [9.17, 15) is 8.42 Å². The second-order valence-corrected chi connectivity index (χ2v) is 7.01. The van der Waals surface area contributed by atoms with Gasteiger partial charge in [-0.3, -0.25) is 0 Å². The van der Waals surface area contributed by atoms with E-state index in [1.165, 1.54) is 11.1 Å². The van der Waals surface area contributed by atoms with Crippen molar-refractivity contribution in [1.29, 1.82) is 0 Å². The number of aryl methyl sites for hydroxylation is 1. The van der Waals surface area contributed by atoms with Crippen LogP contribution in [0.4, 0.5) is 0 Å².